The fraction of sp³-hybridized carbons (Fsp3) is 0.125. The Kier molecular flexibility index (Phi) is 3.83. The molecule has 106 valence electrons. The lowest BCUT2D eigenvalue weighted by molar-refractivity contribution is 0.0940. The highest BCUT2D eigenvalue weighted by atomic mass is 32.1. The maximum absolute atomic E-state index is 12.0. The number of amides is 1. The Labute approximate surface area is 127 Å². The zero-order valence-electron chi connectivity index (χ0n) is 11.6. The number of carbonyl (C=O) groups excluding carboxylic acids is 1. The first-order chi connectivity index (χ1) is 10.2. The predicted molar refractivity (Wildman–Crippen MR) is 83.8 cm³/mol. The van der Waals surface area contributed by atoms with Gasteiger partial charge in [0.2, 0.25) is 0 Å². The van der Waals surface area contributed by atoms with Gasteiger partial charge in [0.05, 0.1) is 17.9 Å². The predicted octanol–water partition coefficient (Wildman–Crippen LogP) is 3.42. The van der Waals surface area contributed by atoms with E-state index in [-0.39, 0.29) is 11.9 Å². The summed E-state index contributed by atoms with van der Waals surface area (Å²) in [6, 6.07) is 9.87. The van der Waals surface area contributed by atoms with Crippen LogP contribution in [0.3, 0.4) is 0 Å². The summed E-state index contributed by atoms with van der Waals surface area (Å²) in [5.41, 5.74) is 2.83. The molecule has 0 radical (unpaired) electrons. The summed E-state index contributed by atoms with van der Waals surface area (Å²) in [6.07, 6.45) is 5.41. The lowest BCUT2D eigenvalue weighted by Gasteiger charge is -2.14. The summed E-state index contributed by atoms with van der Waals surface area (Å²) in [7, 11) is 0. The summed E-state index contributed by atoms with van der Waals surface area (Å²) < 4.78 is 1.94. The Hall–Kier alpha value is -2.40. The van der Waals surface area contributed by atoms with Crippen LogP contribution in [0, 0.1) is 0 Å². The van der Waals surface area contributed by atoms with Gasteiger partial charge >= 0.3 is 0 Å². The molecule has 0 aliphatic rings. The summed E-state index contributed by atoms with van der Waals surface area (Å²) in [5, 5.41) is 6.76. The summed E-state index contributed by atoms with van der Waals surface area (Å²) in [6.45, 7) is 1.98. The van der Waals surface area contributed by atoms with Crippen molar-refractivity contribution < 1.29 is 4.79 Å². The van der Waals surface area contributed by atoms with Gasteiger partial charge in [-0.25, -0.2) is 4.98 Å². The minimum absolute atomic E-state index is 0.0331. The Morgan fingerprint density at radius 2 is 2.10 bits per heavy atom. The zero-order chi connectivity index (χ0) is 14.7. The molecule has 1 amide bonds. The fourth-order valence-corrected chi connectivity index (χ4v) is 2.74. The first-order valence-corrected chi connectivity index (χ1v) is 7.59. The van der Waals surface area contributed by atoms with E-state index in [0.29, 0.717) is 5.56 Å². The fourth-order valence-electron chi connectivity index (χ4n) is 2.10. The molecule has 0 aliphatic heterocycles. The Morgan fingerprint density at radius 1 is 1.29 bits per heavy atom. The highest BCUT2D eigenvalue weighted by Crippen LogP contribution is 2.16. The molecule has 1 aromatic carbocycles. The number of imidazole rings is 1. The van der Waals surface area contributed by atoms with Crippen molar-refractivity contribution in [2.75, 3.05) is 0 Å². The number of benzene rings is 1. The zero-order valence-corrected chi connectivity index (χ0v) is 12.4. The lowest BCUT2D eigenvalue weighted by atomic mass is 10.1. The Morgan fingerprint density at radius 3 is 2.71 bits per heavy atom. The summed E-state index contributed by atoms with van der Waals surface area (Å²) >= 11 is 1.52. The van der Waals surface area contributed by atoms with Crippen molar-refractivity contribution in [2.24, 2.45) is 0 Å². The van der Waals surface area contributed by atoms with Crippen LogP contribution in [-0.2, 0) is 0 Å². The second-order valence-corrected chi connectivity index (χ2v) is 5.55. The van der Waals surface area contributed by atoms with Gasteiger partial charge in [-0.2, -0.15) is 11.3 Å². The van der Waals surface area contributed by atoms with Crippen LogP contribution in [0.2, 0.25) is 0 Å². The van der Waals surface area contributed by atoms with Crippen molar-refractivity contribution in [2.45, 2.75) is 13.0 Å². The van der Waals surface area contributed by atoms with E-state index in [2.05, 4.69) is 10.3 Å². The van der Waals surface area contributed by atoms with Crippen LogP contribution in [0.25, 0.3) is 5.69 Å². The molecular formula is C16H15N3OS. The van der Waals surface area contributed by atoms with Crippen molar-refractivity contribution in [3.63, 3.8) is 0 Å². The monoisotopic (exact) mass is 297 g/mol. The summed E-state index contributed by atoms with van der Waals surface area (Å²) in [5.74, 6) is -0.0394. The van der Waals surface area contributed by atoms with E-state index in [1.54, 1.807) is 12.5 Å². The number of rotatable bonds is 4. The highest BCUT2D eigenvalue weighted by molar-refractivity contribution is 7.08. The smallest absolute Gasteiger partial charge is 0.252 e. The van der Waals surface area contributed by atoms with Crippen LogP contribution >= 0.6 is 11.3 Å². The van der Waals surface area contributed by atoms with E-state index in [0.717, 1.165) is 11.3 Å². The van der Waals surface area contributed by atoms with Gasteiger partial charge in [0.1, 0.15) is 0 Å². The molecule has 4 nitrogen and oxygen atoms in total. The van der Waals surface area contributed by atoms with Crippen LogP contribution in [0.1, 0.15) is 28.9 Å². The molecule has 1 N–H and O–H groups in total. The molecule has 0 saturated heterocycles. The third kappa shape index (κ3) is 3.03. The van der Waals surface area contributed by atoms with Crippen LogP contribution in [0.5, 0.6) is 0 Å². The molecule has 5 heteroatoms. The van der Waals surface area contributed by atoms with Crippen molar-refractivity contribution in [1.82, 2.24) is 14.9 Å². The van der Waals surface area contributed by atoms with Gasteiger partial charge in [-0.15, -0.1) is 0 Å². The molecule has 1 atom stereocenters. The van der Waals surface area contributed by atoms with Gasteiger partial charge in [-0.3, -0.25) is 4.79 Å². The normalized spacial score (nSPS) is 12.0. The third-order valence-electron chi connectivity index (χ3n) is 3.33. The van der Waals surface area contributed by atoms with E-state index < -0.39 is 0 Å². The molecule has 0 aliphatic carbocycles. The molecule has 3 aromatic rings. The average molecular weight is 297 g/mol. The molecule has 2 aromatic heterocycles. The topological polar surface area (TPSA) is 46.9 Å². The standard InChI is InChI=1S/C16H15N3OS/c1-12(18-16(20)14-6-9-21-10-14)13-2-4-15(5-3-13)19-8-7-17-11-19/h2-12H,1H3,(H,18,20)/t12-/m1/s1. The van der Waals surface area contributed by atoms with Crippen molar-refractivity contribution >= 4 is 17.2 Å². The molecule has 0 fully saturated rings. The second-order valence-electron chi connectivity index (χ2n) is 4.77. The van der Waals surface area contributed by atoms with Crippen LogP contribution < -0.4 is 5.32 Å². The second kappa shape index (κ2) is 5.93. The number of carbonyl (C=O) groups is 1. The number of hydrogen-bond donors (Lipinski definition) is 1. The van der Waals surface area contributed by atoms with Crippen molar-refractivity contribution in [3.8, 4) is 5.69 Å². The van der Waals surface area contributed by atoms with E-state index >= 15 is 0 Å². The maximum Gasteiger partial charge on any atom is 0.252 e. The Bertz CT molecular complexity index is 703. The number of nitrogens with zero attached hydrogens (tertiary/aromatic N) is 2. The largest absolute Gasteiger partial charge is 0.345 e. The SMILES string of the molecule is C[C@@H](NC(=O)c1ccsc1)c1ccc(-n2ccnc2)cc1. The molecule has 3 rings (SSSR count). The van der Waals surface area contributed by atoms with E-state index in [1.165, 1.54) is 11.3 Å². The van der Waals surface area contributed by atoms with Gasteiger partial charge in [0, 0.05) is 23.5 Å². The van der Waals surface area contributed by atoms with E-state index in [9.17, 15) is 4.79 Å². The first kappa shape index (κ1) is 13.6. The van der Waals surface area contributed by atoms with Crippen LogP contribution in [0.15, 0.2) is 59.8 Å². The van der Waals surface area contributed by atoms with Gasteiger partial charge in [-0.1, -0.05) is 12.1 Å². The molecule has 0 spiro atoms. The number of thiophene rings is 1. The minimum Gasteiger partial charge on any atom is -0.345 e. The number of hydrogen-bond acceptors (Lipinski definition) is 3. The van der Waals surface area contributed by atoms with Gasteiger partial charge in [0.15, 0.2) is 0 Å². The third-order valence-corrected chi connectivity index (χ3v) is 4.01. The molecule has 0 unspecified atom stereocenters. The quantitative estimate of drug-likeness (QED) is 0.802. The van der Waals surface area contributed by atoms with Gasteiger partial charge in [0.25, 0.3) is 5.91 Å². The summed E-state index contributed by atoms with van der Waals surface area (Å²) in [4.78, 5) is 16.1. The van der Waals surface area contributed by atoms with Crippen molar-refractivity contribution in [1.29, 1.82) is 0 Å². The van der Waals surface area contributed by atoms with Gasteiger partial charge in [-0.05, 0) is 36.1 Å². The maximum atomic E-state index is 12.0. The average Bonchev–Trinajstić information content (AvgIpc) is 3.20. The Balaban J connectivity index is 1.70. The minimum atomic E-state index is -0.0394. The molecule has 21 heavy (non-hydrogen) atoms. The van der Waals surface area contributed by atoms with Gasteiger partial charge < -0.3 is 9.88 Å². The number of aromatic nitrogens is 2. The highest BCUT2D eigenvalue weighted by Gasteiger charge is 2.11. The molecule has 0 bridgehead atoms. The first-order valence-electron chi connectivity index (χ1n) is 6.65. The van der Waals surface area contributed by atoms with Crippen LogP contribution in [0.4, 0.5) is 0 Å². The number of nitrogens with one attached hydrogen (secondary N) is 1. The lowest BCUT2D eigenvalue weighted by Crippen LogP contribution is -2.26. The van der Waals surface area contributed by atoms with Crippen molar-refractivity contribution in [3.05, 3.63) is 70.9 Å². The molecule has 0 saturated carbocycles. The van der Waals surface area contributed by atoms with E-state index in [4.69, 9.17) is 0 Å². The molecule has 2 heterocycles. The van der Waals surface area contributed by atoms with E-state index in [1.807, 2.05) is 58.8 Å². The van der Waals surface area contributed by atoms with Crippen LogP contribution in [-0.4, -0.2) is 15.5 Å². The molecular weight excluding hydrogens is 282 g/mol.